The molecule has 4 heterocycles. The molecule has 5 heteroatoms. The summed E-state index contributed by atoms with van der Waals surface area (Å²) in [6.45, 7) is 9.34. The topological polar surface area (TPSA) is 19.0 Å². The molecule has 1 spiro atoms. The van der Waals surface area contributed by atoms with Crippen LogP contribution in [0.2, 0.25) is 0 Å². The molecule has 1 aromatic carbocycles. The van der Waals surface area contributed by atoms with Gasteiger partial charge in [-0.3, -0.25) is 4.90 Å². The van der Waals surface area contributed by atoms with Crippen LogP contribution in [0.3, 0.4) is 0 Å². The van der Waals surface area contributed by atoms with E-state index in [2.05, 4.69) is 27.7 Å². The molecule has 4 saturated heterocycles. The number of hydrogen-bond donors (Lipinski definition) is 0. The van der Waals surface area contributed by atoms with Gasteiger partial charge in [0, 0.05) is 57.2 Å². The summed E-state index contributed by atoms with van der Waals surface area (Å²) in [5.41, 5.74) is 2.18. The van der Waals surface area contributed by atoms with Crippen LogP contribution in [0.4, 0.5) is 15.8 Å². The predicted molar refractivity (Wildman–Crippen MR) is 116 cm³/mol. The van der Waals surface area contributed by atoms with E-state index in [1.54, 1.807) is 6.07 Å². The largest absolute Gasteiger partial charge is 0.381 e. The first kappa shape index (κ1) is 19.6. The molecule has 0 amide bonds. The van der Waals surface area contributed by atoms with Gasteiger partial charge in [-0.1, -0.05) is 0 Å². The van der Waals surface area contributed by atoms with E-state index in [4.69, 9.17) is 4.74 Å². The van der Waals surface area contributed by atoms with Crippen LogP contribution in [0.25, 0.3) is 0 Å². The van der Waals surface area contributed by atoms with Crippen LogP contribution < -0.4 is 9.80 Å². The van der Waals surface area contributed by atoms with Crippen LogP contribution in [0, 0.1) is 11.2 Å². The molecule has 0 aromatic heterocycles. The Hall–Kier alpha value is -1.33. The average Bonchev–Trinajstić information content (AvgIpc) is 3.37. The quantitative estimate of drug-likeness (QED) is 0.752. The zero-order valence-electron chi connectivity index (χ0n) is 17.9. The van der Waals surface area contributed by atoms with Crippen molar-refractivity contribution >= 4 is 11.4 Å². The van der Waals surface area contributed by atoms with Crippen molar-refractivity contribution in [1.29, 1.82) is 0 Å². The van der Waals surface area contributed by atoms with Gasteiger partial charge in [0.25, 0.3) is 0 Å². The summed E-state index contributed by atoms with van der Waals surface area (Å²) in [6, 6.07) is 7.31. The zero-order chi connectivity index (χ0) is 19.8. The van der Waals surface area contributed by atoms with Crippen molar-refractivity contribution in [3.05, 3.63) is 24.0 Å². The molecular formula is C24H36FN3O. The van der Waals surface area contributed by atoms with Crippen LogP contribution in [0.1, 0.15) is 51.9 Å². The second-order valence-electron chi connectivity index (χ2n) is 9.89. The number of anilines is 2. The Balaban J connectivity index is 1.27. The van der Waals surface area contributed by atoms with E-state index in [9.17, 15) is 0 Å². The molecule has 0 bridgehead atoms. The van der Waals surface area contributed by atoms with E-state index in [0.717, 1.165) is 70.0 Å². The lowest BCUT2D eigenvalue weighted by Gasteiger charge is -2.46. The highest BCUT2D eigenvalue weighted by molar-refractivity contribution is 5.58. The number of rotatable bonds is 3. The molecule has 160 valence electrons. The zero-order valence-corrected chi connectivity index (χ0v) is 17.9. The van der Waals surface area contributed by atoms with Crippen molar-refractivity contribution in [2.45, 2.75) is 64.0 Å². The molecule has 2 atom stereocenters. The van der Waals surface area contributed by atoms with E-state index in [-0.39, 0.29) is 5.82 Å². The number of benzene rings is 1. The normalized spacial score (nSPS) is 30.4. The third-order valence-corrected chi connectivity index (χ3v) is 8.09. The van der Waals surface area contributed by atoms with E-state index < -0.39 is 0 Å². The molecule has 5 rings (SSSR count). The minimum Gasteiger partial charge on any atom is -0.381 e. The van der Waals surface area contributed by atoms with Crippen LogP contribution >= 0.6 is 0 Å². The summed E-state index contributed by atoms with van der Waals surface area (Å²) < 4.78 is 20.8. The fraction of sp³-hybridized carbons (Fsp3) is 0.750. The summed E-state index contributed by atoms with van der Waals surface area (Å²) in [4.78, 5) is 7.36. The molecule has 0 aliphatic carbocycles. The Morgan fingerprint density at radius 2 is 1.86 bits per heavy atom. The van der Waals surface area contributed by atoms with Gasteiger partial charge in [0.05, 0.1) is 5.69 Å². The van der Waals surface area contributed by atoms with Crippen molar-refractivity contribution < 1.29 is 9.13 Å². The van der Waals surface area contributed by atoms with Gasteiger partial charge in [0.2, 0.25) is 0 Å². The molecule has 4 fully saturated rings. The van der Waals surface area contributed by atoms with Gasteiger partial charge in [-0.2, -0.15) is 0 Å². The molecule has 1 aromatic rings. The lowest BCUT2D eigenvalue weighted by Crippen LogP contribution is -2.46. The highest BCUT2D eigenvalue weighted by atomic mass is 19.1. The highest BCUT2D eigenvalue weighted by Crippen LogP contribution is 2.41. The van der Waals surface area contributed by atoms with Crippen molar-refractivity contribution in [3.63, 3.8) is 0 Å². The Labute approximate surface area is 175 Å². The predicted octanol–water partition coefficient (Wildman–Crippen LogP) is 4.29. The second kappa shape index (κ2) is 8.07. The molecule has 0 unspecified atom stereocenters. The number of halogens is 1. The van der Waals surface area contributed by atoms with Crippen molar-refractivity contribution in [1.82, 2.24) is 4.90 Å². The third kappa shape index (κ3) is 3.88. The van der Waals surface area contributed by atoms with E-state index in [1.807, 2.05) is 6.07 Å². The van der Waals surface area contributed by atoms with Crippen LogP contribution in [-0.2, 0) is 4.74 Å². The maximum Gasteiger partial charge on any atom is 0.148 e. The van der Waals surface area contributed by atoms with Crippen molar-refractivity contribution in [3.8, 4) is 0 Å². The van der Waals surface area contributed by atoms with E-state index in [1.165, 1.54) is 32.2 Å². The molecular weight excluding hydrogens is 365 g/mol. The van der Waals surface area contributed by atoms with E-state index >= 15 is 4.39 Å². The summed E-state index contributed by atoms with van der Waals surface area (Å²) >= 11 is 0. The number of ether oxygens (including phenoxy) is 1. The summed E-state index contributed by atoms with van der Waals surface area (Å²) in [6.07, 6.45) is 8.50. The minimum atomic E-state index is -0.0513. The van der Waals surface area contributed by atoms with Crippen molar-refractivity contribution in [2.75, 3.05) is 55.7 Å². The molecule has 4 aliphatic heterocycles. The smallest absolute Gasteiger partial charge is 0.148 e. The SMILES string of the molecule is C[C@@H]1CCCN1[C@H]1CCN(c2ccc(N3CCCC4(CCOCC4)C3)c(F)c2)C1. The Kier molecular flexibility index (Phi) is 5.46. The monoisotopic (exact) mass is 401 g/mol. The van der Waals surface area contributed by atoms with Gasteiger partial charge in [-0.15, -0.1) is 0 Å². The highest BCUT2D eigenvalue weighted by Gasteiger charge is 2.38. The first-order valence-electron chi connectivity index (χ1n) is 11.8. The van der Waals surface area contributed by atoms with Gasteiger partial charge in [0.15, 0.2) is 0 Å². The average molecular weight is 402 g/mol. The standard InChI is InChI=1S/C24H36FN3O/c1-19-4-2-12-28(19)21-7-13-26(17-21)20-5-6-23(22(25)16-20)27-11-3-8-24(18-27)9-14-29-15-10-24/h5-6,16,19,21H,2-4,7-15,17-18H2,1H3/t19-,21+/m1/s1. The van der Waals surface area contributed by atoms with Crippen LogP contribution in [-0.4, -0.2) is 62.9 Å². The molecule has 0 N–H and O–H groups in total. The van der Waals surface area contributed by atoms with Gasteiger partial charge >= 0.3 is 0 Å². The molecule has 0 radical (unpaired) electrons. The fourth-order valence-corrected chi connectivity index (χ4v) is 6.32. The van der Waals surface area contributed by atoms with Gasteiger partial charge in [0.1, 0.15) is 5.82 Å². The number of piperidine rings is 1. The van der Waals surface area contributed by atoms with Gasteiger partial charge < -0.3 is 14.5 Å². The summed E-state index contributed by atoms with van der Waals surface area (Å²) in [5.74, 6) is -0.0513. The number of hydrogen-bond acceptors (Lipinski definition) is 4. The molecule has 0 saturated carbocycles. The van der Waals surface area contributed by atoms with Crippen LogP contribution in [0.15, 0.2) is 18.2 Å². The first-order chi connectivity index (χ1) is 14.1. The maximum absolute atomic E-state index is 15.2. The lowest BCUT2D eigenvalue weighted by molar-refractivity contribution is 0.00749. The Morgan fingerprint density at radius 3 is 2.62 bits per heavy atom. The second-order valence-corrected chi connectivity index (χ2v) is 9.89. The molecule has 4 nitrogen and oxygen atoms in total. The van der Waals surface area contributed by atoms with E-state index in [0.29, 0.717) is 17.5 Å². The van der Waals surface area contributed by atoms with Crippen LogP contribution in [0.5, 0.6) is 0 Å². The molecule has 29 heavy (non-hydrogen) atoms. The minimum absolute atomic E-state index is 0.0513. The van der Waals surface area contributed by atoms with Gasteiger partial charge in [-0.05, 0) is 82.0 Å². The van der Waals surface area contributed by atoms with Gasteiger partial charge in [-0.25, -0.2) is 4.39 Å². The fourth-order valence-electron chi connectivity index (χ4n) is 6.32. The summed E-state index contributed by atoms with van der Waals surface area (Å²) in [7, 11) is 0. The maximum atomic E-state index is 15.2. The third-order valence-electron chi connectivity index (χ3n) is 8.09. The van der Waals surface area contributed by atoms with Crippen molar-refractivity contribution in [2.24, 2.45) is 5.41 Å². The molecule has 4 aliphatic rings. The Morgan fingerprint density at radius 1 is 1.00 bits per heavy atom. The lowest BCUT2D eigenvalue weighted by atomic mass is 9.74. The number of nitrogens with zero attached hydrogens (tertiary/aromatic N) is 3. The first-order valence-corrected chi connectivity index (χ1v) is 11.8. The number of likely N-dealkylation sites (tertiary alicyclic amines) is 1. The Bertz CT molecular complexity index is 715. The summed E-state index contributed by atoms with van der Waals surface area (Å²) in [5, 5.41) is 0.